The van der Waals surface area contributed by atoms with Crippen LogP contribution in [0.2, 0.25) is 0 Å². The zero-order chi connectivity index (χ0) is 14.7. The number of carbonyl (C=O) groups excluding carboxylic acids is 1. The molecule has 2 aliphatic rings. The molecule has 1 aromatic heterocycles. The normalized spacial score (nSPS) is 20.0. The molecule has 8 heteroatoms. The van der Waals surface area contributed by atoms with Crippen LogP contribution in [0.4, 0.5) is 0 Å². The Morgan fingerprint density at radius 2 is 2.19 bits per heavy atom. The molecule has 21 heavy (non-hydrogen) atoms. The van der Waals surface area contributed by atoms with Gasteiger partial charge in [-0.25, -0.2) is 4.68 Å². The average Bonchev–Trinajstić information content (AvgIpc) is 2.98. The van der Waals surface area contributed by atoms with Crippen LogP contribution in [0.5, 0.6) is 0 Å². The van der Waals surface area contributed by atoms with Gasteiger partial charge in [-0.1, -0.05) is 11.8 Å². The van der Waals surface area contributed by atoms with Crippen LogP contribution >= 0.6 is 11.8 Å². The van der Waals surface area contributed by atoms with Crippen LogP contribution in [0.25, 0.3) is 0 Å². The van der Waals surface area contributed by atoms with Crippen molar-refractivity contribution in [2.45, 2.75) is 55.6 Å². The second kappa shape index (κ2) is 6.74. The number of amides is 1. The van der Waals surface area contributed by atoms with Gasteiger partial charge in [-0.15, -0.1) is 5.10 Å². The molecule has 1 unspecified atom stereocenters. The number of hydrogen-bond donors (Lipinski definition) is 1. The largest absolute Gasteiger partial charge is 0.342 e. The first-order valence-corrected chi connectivity index (χ1v) is 8.57. The summed E-state index contributed by atoms with van der Waals surface area (Å²) in [5, 5.41) is 15.8. The lowest BCUT2D eigenvalue weighted by atomic mass is 10.4. The van der Waals surface area contributed by atoms with Gasteiger partial charge in [0.05, 0.1) is 11.8 Å². The maximum Gasteiger partial charge on any atom is 0.235 e. The van der Waals surface area contributed by atoms with Crippen molar-refractivity contribution in [1.29, 1.82) is 0 Å². The molecule has 0 radical (unpaired) electrons. The molecule has 0 aromatic carbocycles. The van der Waals surface area contributed by atoms with Crippen LogP contribution in [0.1, 0.15) is 32.6 Å². The number of likely N-dealkylation sites (tertiary alicyclic amines) is 1. The lowest BCUT2D eigenvalue weighted by Crippen LogP contribution is -2.34. The Hall–Kier alpha value is -1.15. The van der Waals surface area contributed by atoms with Crippen LogP contribution in [-0.2, 0) is 11.3 Å². The van der Waals surface area contributed by atoms with Crippen molar-refractivity contribution in [3.05, 3.63) is 0 Å². The molecule has 1 aliphatic carbocycles. The summed E-state index contributed by atoms with van der Waals surface area (Å²) in [6, 6.07) is 0.688. The molecule has 1 atom stereocenters. The Kier molecular flexibility index (Phi) is 4.74. The van der Waals surface area contributed by atoms with E-state index >= 15 is 0 Å². The number of nitrogens with zero attached hydrogens (tertiary/aromatic N) is 5. The smallest absolute Gasteiger partial charge is 0.235 e. The molecule has 1 amide bonds. The number of aromatic nitrogens is 4. The topological polar surface area (TPSA) is 75.9 Å². The van der Waals surface area contributed by atoms with Crippen LogP contribution < -0.4 is 5.32 Å². The van der Waals surface area contributed by atoms with E-state index in [9.17, 15) is 4.79 Å². The molecule has 3 rings (SSSR count). The van der Waals surface area contributed by atoms with E-state index in [-0.39, 0.29) is 11.2 Å². The fraction of sp³-hybridized carbons (Fsp3) is 0.846. The third kappa shape index (κ3) is 3.94. The summed E-state index contributed by atoms with van der Waals surface area (Å²) in [5.74, 6) is 0.197. The van der Waals surface area contributed by atoms with Gasteiger partial charge in [-0.05, 0) is 43.0 Å². The molecule has 1 N–H and O–H groups in total. The van der Waals surface area contributed by atoms with Gasteiger partial charge < -0.3 is 10.2 Å². The van der Waals surface area contributed by atoms with E-state index in [4.69, 9.17) is 0 Å². The number of tetrazole rings is 1. The second-order valence-electron chi connectivity index (χ2n) is 5.71. The molecule has 116 valence electrons. The third-order valence-corrected chi connectivity index (χ3v) is 4.94. The predicted molar refractivity (Wildman–Crippen MR) is 80.0 cm³/mol. The van der Waals surface area contributed by atoms with Crippen LogP contribution in [0, 0.1) is 0 Å². The average molecular weight is 310 g/mol. The molecular weight excluding hydrogens is 288 g/mol. The van der Waals surface area contributed by atoms with E-state index in [1.807, 2.05) is 11.8 Å². The number of thioether (sulfide) groups is 1. The monoisotopic (exact) mass is 310 g/mol. The summed E-state index contributed by atoms with van der Waals surface area (Å²) in [6.07, 6.45) is 4.79. The molecular formula is C13H22N6OS. The molecule has 1 aromatic rings. The highest BCUT2D eigenvalue weighted by molar-refractivity contribution is 8.00. The van der Waals surface area contributed by atoms with E-state index in [1.165, 1.54) is 24.6 Å². The molecule has 1 saturated heterocycles. The Morgan fingerprint density at radius 3 is 2.90 bits per heavy atom. The van der Waals surface area contributed by atoms with Crippen molar-refractivity contribution >= 4 is 17.7 Å². The zero-order valence-electron chi connectivity index (χ0n) is 12.4. The second-order valence-corrected chi connectivity index (χ2v) is 7.01. The third-order valence-electron chi connectivity index (χ3n) is 3.88. The summed E-state index contributed by atoms with van der Waals surface area (Å²) in [6.45, 7) is 5.33. The zero-order valence-corrected chi connectivity index (χ0v) is 13.2. The van der Waals surface area contributed by atoms with Crippen molar-refractivity contribution in [1.82, 2.24) is 30.4 Å². The molecule has 1 saturated carbocycles. The van der Waals surface area contributed by atoms with Crippen LogP contribution in [-0.4, -0.2) is 61.9 Å². The van der Waals surface area contributed by atoms with Crippen LogP contribution in [0.3, 0.4) is 0 Å². The number of carbonyl (C=O) groups is 1. The first-order chi connectivity index (χ1) is 10.2. The summed E-state index contributed by atoms with van der Waals surface area (Å²) >= 11 is 1.45. The van der Waals surface area contributed by atoms with E-state index in [1.54, 1.807) is 4.68 Å². The maximum absolute atomic E-state index is 12.3. The molecule has 2 heterocycles. The maximum atomic E-state index is 12.3. The van der Waals surface area contributed by atoms with Gasteiger partial charge in [-0.2, -0.15) is 0 Å². The van der Waals surface area contributed by atoms with Crippen LogP contribution in [0.15, 0.2) is 5.16 Å². The van der Waals surface area contributed by atoms with Crippen molar-refractivity contribution in [3.8, 4) is 0 Å². The van der Waals surface area contributed by atoms with Gasteiger partial charge in [0, 0.05) is 25.7 Å². The molecule has 1 aliphatic heterocycles. The minimum Gasteiger partial charge on any atom is -0.342 e. The van der Waals surface area contributed by atoms with Gasteiger partial charge in [0.2, 0.25) is 11.1 Å². The van der Waals surface area contributed by atoms with E-state index in [2.05, 4.69) is 20.8 Å². The summed E-state index contributed by atoms with van der Waals surface area (Å²) in [4.78, 5) is 14.3. The number of nitrogens with one attached hydrogen (secondary N) is 1. The van der Waals surface area contributed by atoms with Gasteiger partial charge in [0.15, 0.2) is 0 Å². The van der Waals surface area contributed by atoms with Gasteiger partial charge >= 0.3 is 0 Å². The minimum absolute atomic E-state index is 0.135. The fourth-order valence-corrected chi connectivity index (χ4v) is 3.39. The van der Waals surface area contributed by atoms with Crippen molar-refractivity contribution < 1.29 is 4.79 Å². The number of hydrogen-bond acceptors (Lipinski definition) is 6. The fourth-order valence-electron chi connectivity index (χ4n) is 2.49. The molecule has 7 nitrogen and oxygen atoms in total. The summed E-state index contributed by atoms with van der Waals surface area (Å²) < 4.78 is 1.79. The quantitative estimate of drug-likeness (QED) is 0.740. The van der Waals surface area contributed by atoms with Crippen molar-refractivity contribution in [2.24, 2.45) is 0 Å². The standard InChI is InChI=1S/C13H22N6OS/c1-10(12(20)18-7-2-3-8-18)21-13-15-16-17-19(13)9-6-14-11-4-5-11/h10-11,14H,2-9H2,1H3. The van der Waals surface area contributed by atoms with Gasteiger partial charge in [0.25, 0.3) is 0 Å². The lowest BCUT2D eigenvalue weighted by Gasteiger charge is -2.19. The highest BCUT2D eigenvalue weighted by atomic mass is 32.2. The molecule has 0 bridgehead atoms. The number of rotatable bonds is 7. The van der Waals surface area contributed by atoms with Crippen molar-refractivity contribution in [2.75, 3.05) is 19.6 Å². The van der Waals surface area contributed by atoms with Gasteiger partial charge in [-0.3, -0.25) is 4.79 Å². The van der Waals surface area contributed by atoms with E-state index in [0.717, 1.165) is 44.2 Å². The van der Waals surface area contributed by atoms with E-state index in [0.29, 0.717) is 6.04 Å². The Morgan fingerprint density at radius 1 is 1.43 bits per heavy atom. The first kappa shape index (κ1) is 14.8. The summed E-state index contributed by atoms with van der Waals surface area (Å²) in [7, 11) is 0. The summed E-state index contributed by atoms with van der Waals surface area (Å²) in [5.41, 5.74) is 0. The highest BCUT2D eigenvalue weighted by Gasteiger charge is 2.26. The SMILES string of the molecule is CC(Sc1nnnn1CCNC1CC1)C(=O)N1CCCC1. The first-order valence-electron chi connectivity index (χ1n) is 7.69. The van der Waals surface area contributed by atoms with E-state index < -0.39 is 0 Å². The lowest BCUT2D eigenvalue weighted by molar-refractivity contribution is -0.129. The van der Waals surface area contributed by atoms with Crippen molar-refractivity contribution in [3.63, 3.8) is 0 Å². The Balaban J connectivity index is 1.51. The van der Waals surface area contributed by atoms with Gasteiger partial charge in [0.1, 0.15) is 0 Å². The molecule has 2 fully saturated rings. The predicted octanol–water partition coefficient (Wildman–Crippen LogP) is 0.528. The Labute approximate surface area is 128 Å². The minimum atomic E-state index is -0.135. The highest BCUT2D eigenvalue weighted by Crippen LogP contribution is 2.23. The Bertz CT molecular complexity index is 483. The molecule has 0 spiro atoms.